The van der Waals surface area contributed by atoms with Gasteiger partial charge in [-0.15, -0.1) is 0 Å². The maximum atomic E-state index is 13.0. The van der Waals surface area contributed by atoms with Gasteiger partial charge in [-0.3, -0.25) is 4.57 Å². The van der Waals surface area contributed by atoms with Crippen LogP contribution in [0.15, 0.2) is 11.0 Å². The summed E-state index contributed by atoms with van der Waals surface area (Å²) in [6.07, 6.45) is 7.98. The van der Waals surface area contributed by atoms with Gasteiger partial charge in [0.15, 0.2) is 5.65 Å². The smallest absolute Gasteiger partial charge is 0.332 e. The minimum absolute atomic E-state index is 0.0473. The molecule has 2 aliphatic rings. The molecule has 0 spiro atoms. The summed E-state index contributed by atoms with van der Waals surface area (Å²) in [6.45, 7) is 2.89. The van der Waals surface area contributed by atoms with E-state index >= 15 is 0 Å². The van der Waals surface area contributed by atoms with Crippen LogP contribution in [0.4, 0.5) is 5.95 Å². The van der Waals surface area contributed by atoms with Gasteiger partial charge in [0.2, 0.25) is 5.95 Å². The lowest BCUT2D eigenvalue weighted by molar-refractivity contribution is -0.00168. The van der Waals surface area contributed by atoms with Crippen molar-refractivity contribution in [1.29, 1.82) is 0 Å². The fourth-order valence-corrected chi connectivity index (χ4v) is 3.48. The van der Waals surface area contributed by atoms with Crippen LogP contribution in [0, 0.1) is 5.92 Å². The second-order valence-electron chi connectivity index (χ2n) is 6.72. The van der Waals surface area contributed by atoms with E-state index in [1.165, 1.54) is 12.8 Å². The molecule has 2 aromatic heterocycles. The average Bonchev–Trinajstić information content (AvgIpc) is 3.17. The Morgan fingerprint density at radius 3 is 2.91 bits per heavy atom. The van der Waals surface area contributed by atoms with E-state index < -0.39 is 0 Å². The Hall–Kier alpha value is -1.89. The van der Waals surface area contributed by atoms with Crippen molar-refractivity contribution in [2.75, 3.05) is 5.73 Å². The van der Waals surface area contributed by atoms with Crippen molar-refractivity contribution >= 4 is 17.1 Å². The number of nitrogens with two attached hydrogens (primary N) is 1. The van der Waals surface area contributed by atoms with E-state index in [1.54, 1.807) is 15.3 Å². The molecule has 0 bridgehead atoms. The fourth-order valence-electron chi connectivity index (χ4n) is 3.48. The van der Waals surface area contributed by atoms with Gasteiger partial charge >= 0.3 is 5.69 Å². The molecule has 7 heteroatoms. The molecule has 1 aliphatic carbocycles. The van der Waals surface area contributed by atoms with Crippen molar-refractivity contribution in [2.24, 2.45) is 5.92 Å². The molecule has 0 aromatic carbocycles. The van der Waals surface area contributed by atoms with Gasteiger partial charge in [-0.25, -0.2) is 14.3 Å². The lowest BCUT2D eigenvalue weighted by atomic mass is 10.1. The average molecular weight is 317 g/mol. The van der Waals surface area contributed by atoms with Crippen LogP contribution in [-0.2, 0) is 11.3 Å². The first kappa shape index (κ1) is 14.7. The molecular formula is C16H23N5O2. The quantitative estimate of drug-likeness (QED) is 0.912. The van der Waals surface area contributed by atoms with Crippen molar-refractivity contribution in [3.05, 3.63) is 16.7 Å². The van der Waals surface area contributed by atoms with Gasteiger partial charge in [0.25, 0.3) is 0 Å². The third-order valence-electron chi connectivity index (χ3n) is 4.85. The van der Waals surface area contributed by atoms with Gasteiger partial charge in [0.1, 0.15) is 11.7 Å². The molecule has 2 fully saturated rings. The Labute approximate surface area is 134 Å². The molecule has 0 radical (unpaired) electrons. The molecule has 7 nitrogen and oxygen atoms in total. The second kappa shape index (κ2) is 5.63. The van der Waals surface area contributed by atoms with Crippen LogP contribution in [0.5, 0.6) is 0 Å². The predicted molar refractivity (Wildman–Crippen MR) is 87.0 cm³/mol. The van der Waals surface area contributed by atoms with Gasteiger partial charge < -0.3 is 10.5 Å². The Morgan fingerprint density at radius 1 is 1.35 bits per heavy atom. The summed E-state index contributed by atoms with van der Waals surface area (Å²) in [4.78, 5) is 21.4. The summed E-state index contributed by atoms with van der Waals surface area (Å²) >= 11 is 0. The largest absolute Gasteiger partial charge is 0.368 e. The van der Waals surface area contributed by atoms with Crippen molar-refractivity contribution in [1.82, 2.24) is 19.1 Å². The highest BCUT2D eigenvalue weighted by atomic mass is 16.5. The second-order valence-corrected chi connectivity index (χ2v) is 6.72. The van der Waals surface area contributed by atoms with Crippen LogP contribution in [0.2, 0.25) is 0 Å². The lowest BCUT2D eigenvalue weighted by Crippen LogP contribution is -2.28. The van der Waals surface area contributed by atoms with E-state index in [1.807, 2.05) is 0 Å². The van der Waals surface area contributed by atoms with E-state index in [-0.39, 0.29) is 24.0 Å². The van der Waals surface area contributed by atoms with Crippen molar-refractivity contribution in [2.45, 2.75) is 64.3 Å². The van der Waals surface area contributed by atoms with Crippen LogP contribution in [0.1, 0.15) is 51.7 Å². The highest BCUT2D eigenvalue weighted by Gasteiger charge is 2.32. The normalized spacial score (nSPS) is 24.6. The third-order valence-corrected chi connectivity index (χ3v) is 4.85. The number of aromatic nitrogens is 4. The molecule has 1 saturated carbocycles. The number of nitrogen functional groups attached to an aromatic ring is 1. The van der Waals surface area contributed by atoms with Crippen molar-refractivity contribution in [3.8, 4) is 0 Å². The topological polar surface area (TPSA) is 88.0 Å². The Balaban J connectivity index is 1.77. The summed E-state index contributed by atoms with van der Waals surface area (Å²) < 4.78 is 9.58. The summed E-state index contributed by atoms with van der Waals surface area (Å²) in [5, 5.41) is 0. The van der Waals surface area contributed by atoms with E-state index in [9.17, 15) is 4.79 Å². The van der Waals surface area contributed by atoms with Crippen LogP contribution in [-0.4, -0.2) is 25.2 Å². The molecule has 124 valence electrons. The minimum Gasteiger partial charge on any atom is -0.368 e. The Kier molecular flexibility index (Phi) is 3.60. The third kappa shape index (κ3) is 2.63. The first-order valence-electron chi connectivity index (χ1n) is 8.56. The van der Waals surface area contributed by atoms with E-state index in [2.05, 4.69) is 16.9 Å². The number of nitrogens with zero attached hydrogens (tertiary/aromatic N) is 4. The number of rotatable bonds is 5. The van der Waals surface area contributed by atoms with E-state index in [4.69, 9.17) is 10.5 Å². The molecule has 0 amide bonds. The molecule has 1 saturated heterocycles. The summed E-state index contributed by atoms with van der Waals surface area (Å²) in [7, 11) is 0. The maximum Gasteiger partial charge on any atom is 0.332 e. The molecule has 3 heterocycles. The Bertz CT molecular complexity index is 777. The van der Waals surface area contributed by atoms with Crippen molar-refractivity contribution in [3.63, 3.8) is 0 Å². The lowest BCUT2D eigenvalue weighted by Gasteiger charge is -2.14. The molecule has 1 aliphatic heterocycles. The Morgan fingerprint density at radius 2 is 2.17 bits per heavy atom. The maximum absolute atomic E-state index is 13.0. The SMILES string of the molecule is CCCC1CCC(n2c(=O)n(CC3CC3)c3cnc(N)nc32)O1. The number of fused-ring (bicyclic) bond motifs is 1. The number of hydrogen-bond donors (Lipinski definition) is 1. The standard InChI is InChI=1S/C16H23N5O2/c1-2-3-11-6-7-13(23-11)21-14-12(8-18-15(17)19-14)20(16(21)22)9-10-4-5-10/h8,10-11,13H,2-7,9H2,1H3,(H2,17,18,19). The molecule has 2 aromatic rings. The van der Waals surface area contributed by atoms with Crippen LogP contribution in [0.3, 0.4) is 0 Å². The number of hydrogen-bond acceptors (Lipinski definition) is 5. The summed E-state index contributed by atoms with van der Waals surface area (Å²) in [5.74, 6) is 0.791. The molecule has 2 atom stereocenters. The van der Waals surface area contributed by atoms with Crippen LogP contribution >= 0.6 is 0 Å². The summed E-state index contributed by atoms with van der Waals surface area (Å²) in [6, 6.07) is 0. The van der Waals surface area contributed by atoms with Crippen LogP contribution in [0.25, 0.3) is 11.2 Å². The zero-order chi connectivity index (χ0) is 16.0. The number of anilines is 1. The number of ether oxygens (including phenoxy) is 1. The van der Waals surface area contributed by atoms with Gasteiger partial charge in [-0.1, -0.05) is 13.3 Å². The molecule has 23 heavy (non-hydrogen) atoms. The highest BCUT2D eigenvalue weighted by Crippen LogP contribution is 2.34. The zero-order valence-corrected chi connectivity index (χ0v) is 13.4. The minimum atomic E-state index is -0.240. The molecular weight excluding hydrogens is 294 g/mol. The van der Waals surface area contributed by atoms with E-state index in [0.29, 0.717) is 11.6 Å². The monoisotopic (exact) mass is 317 g/mol. The predicted octanol–water partition coefficient (Wildman–Crippen LogP) is 2.06. The van der Waals surface area contributed by atoms with E-state index in [0.717, 1.165) is 37.7 Å². The fraction of sp³-hybridized carbons (Fsp3) is 0.688. The van der Waals surface area contributed by atoms with Crippen molar-refractivity contribution < 1.29 is 4.74 Å². The molecule has 2 unspecified atom stereocenters. The first-order valence-corrected chi connectivity index (χ1v) is 8.56. The number of imidazole rings is 1. The molecule has 4 rings (SSSR count). The van der Waals surface area contributed by atoms with Gasteiger partial charge in [-0.2, -0.15) is 4.98 Å². The van der Waals surface area contributed by atoms with Crippen LogP contribution < -0.4 is 11.4 Å². The van der Waals surface area contributed by atoms with Gasteiger partial charge in [-0.05, 0) is 38.0 Å². The molecule has 2 N–H and O–H groups in total. The first-order chi connectivity index (χ1) is 11.2. The van der Waals surface area contributed by atoms with Gasteiger partial charge in [0.05, 0.1) is 12.3 Å². The highest BCUT2D eigenvalue weighted by molar-refractivity contribution is 5.71. The van der Waals surface area contributed by atoms with Gasteiger partial charge in [0, 0.05) is 6.54 Å². The zero-order valence-electron chi connectivity index (χ0n) is 13.4. The summed E-state index contributed by atoms with van der Waals surface area (Å²) in [5.41, 5.74) is 7.07.